The fourth-order valence-electron chi connectivity index (χ4n) is 1.38. The summed E-state index contributed by atoms with van der Waals surface area (Å²) in [6.07, 6.45) is 4.61. The minimum absolute atomic E-state index is 0.471. The number of hydrogen-bond acceptors (Lipinski definition) is 3. The first-order chi connectivity index (χ1) is 6.56. The number of nitriles is 1. The molecule has 0 radical (unpaired) electrons. The predicted octanol–water partition coefficient (Wildman–Crippen LogP) is 1.01. The molecule has 0 aromatic rings. The molecule has 0 amide bonds. The average Bonchev–Trinajstić information content (AvgIpc) is 2.08. The maximum atomic E-state index is 11.3. The molecule has 0 aromatic carbocycles. The summed E-state index contributed by atoms with van der Waals surface area (Å²) in [5, 5.41) is 7.51. The van der Waals surface area contributed by atoms with Crippen LogP contribution in [-0.4, -0.2) is 20.2 Å². The van der Waals surface area contributed by atoms with Gasteiger partial charge in [0.05, 0.1) is 6.07 Å². The van der Waals surface area contributed by atoms with E-state index in [0.717, 1.165) is 6.42 Å². The van der Waals surface area contributed by atoms with Crippen molar-refractivity contribution in [2.24, 2.45) is 5.92 Å². The third kappa shape index (κ3) is 2.96. The average molecular weight is 216 g/mol. The number of rotatable bonds is 5. The normalized spacial score (nSPS) is 19.7. The zero-order chi connectivity index (χ0) is 10.6. The van der Waals surface area contributed by atoms with Gasteiger partial charge in [-0.2, -0.15) is 5.26 Å². The van der Waals surface area contributed by atoms with E-state index in [1.54, 1.807) is 6.07 Å². The summed E-state index contributed by atoms with van der Waals surface area (Å²) in [5.41, 5.74) is 0. The van der Waals surface area contributed by atoms with Crippen molar-refractivity contribution in [3.05, 3.63) is 0 Å². The molecule has 1 aliphatic carbocycles. The smallest absolute Gasteiger partial charge is 0.214 e. The van der Waals surface area contributed by atoms with E-state index < -0.39 is 15.3 Å². The monoisotopic (exact) mass is 216 g/mol. The lowest BCUT2D eigenvalue weighted by atomic mass is 9.83. The van der Waals surface area contributed by atoms with Crippen molar-refractivity contribution >= 4 is 10.0 Å². The molecular weight excluding hydrogens is 200 g/mol. The Kier molecular flexibility index (Phi) is 3.90. The third-order valence-corrected chi connectivity index (χ3v) is 4.37. The maximum Gasteiger partial charge on any atom is 0.227 e. The van der Waals surface area contributed by atoms with Crippen LogP contribution in [-0.2, 0) is 10.0 Å². The molecule has 0 aliphatic heterocycles. The molecule has 5 heteroatoms. The van der Waals surface area contributed by atoms with Gasteiger partial charge in [-0.25, -0.2) is 13.1 Å². The van der Waals surface area contributed by atoms with Crippen LogP contribution < -0.4 is 4.72 Å². The van der Waals surface area contributed by atoms with Gasteiger partial charge in [0.25, 0.3) is 0 Å². The summed E-state index contributed by atoms with van der Waals surface area (Å²) < 4.78 is 25.1. The van der Waals surface area contributed by atoms with Crippen LogP contribution in [0, 0.1) is 17.2 Å². The number of nitrogens with one attached hydrogen (secondary N) is 1. The Bertz CT molecular complexity index is 314. The summed E-state index contributed by atoms with van der Waals surface area (Å²) >= 11 is 0. The third-order valence-electron chi connectivity index (χ3n) is 2.73. The summed E-state index contributed by atoms with van der Waals surface area (Å²) in [7, 11) is -3.40. The van der Waals surface area contributed by atoms with Crippen molar-refractivity contribution in [2.75, 3.05) is 6.54 Å². The van der Waals surface area contributed by atoms with Crippen molar-refractivity contribution in [2.45, 2.75) is 37.9 Å². The van der Waals surface area contributed by atoms with Crippen molar-refractivity contribution in [3.8, 4) is 6.07 Å². The van der Waals surface area contributed by atoms with Crippen LogP contribution in [0.4, 0.5) is 0 Å². The molecule has 1 N–H and O–H groups in total. The highest BCUT2D eigenvalue weighted by Gasteiger charge is 2.21. The predicted molar refractivity (Wildman–Crippen MR) is 54.0 cm³/mol. The van der Waals surface area contributed by atoms with Gasteiger partial charge in [-0.05, 0) is 19.3 Å². The summed E-state index contributed by atoms with van der Waals surface area (Å²) in [6, 6.07) is 1.72. The van der Waals surface area contributed by atoms with Crippen LogP contribution in [0.15, 0.2) is 0 Å². The second-order valence-electron chi connectivity index (χ2n) is 3.80. The number of hydrogen-bond donors (Lipinski definition) is 1. The molecule has 4 nitrogen and oxygen atoms in total. The maximum absolute atomic E-state index is 11.3. The molecule has 0 bridgehead atoms. The molecule has 0 heterocycles. The first kappa shape index (κ1) is 11.5. The van der Waals surface area contributed by atoms with E-state index in [1.807, 2.05) is 0 Å². The molecule has 0 aromatic heterocycles. The molecule has 0 saturated heterocycles. The van der Waals surface area contributed by atoms with E-state index in [1.165, 1.54) is 26.2 Å². The van der Waals surface area contributed by atoms with Gasteiger partial charge >= 0.3 is 0 Å². The Hall–Kier alpha value is -0.600. The fraction of sp³-hybridized carbons (Fsp3) is 0.889. The highest BCUT2D eigenvalue weighted by molar-refractivity contribution is 7.90. The molecule has 80 valence electrons. The van der Waals surface area contributed by atoms with E-state index in [9.17, 15) is 8.42 Å². The van der Waals surface area contributed by atoms with E-state index in [2.05, 4.69) is 4.72 Å². The zero-order valence-corrected chi connectivity index (χ0v) is 9.18. The molecule has 1 rings (SSSR count). The molecule has 1 aliphatic rings. The summed E-state index contributed by atoms with van der Waals surface area (Å²) in [4.78, 5) is 0. The van der Waals surface area contributed by atoms with E-state index >= 15 is 0 Å². The van der Waals surface area contributed by atoms with Crippen LogP contribution in [0.3, 0.4) is 0 Å². The van der Waals surface area contributed by atoms with E-state index in [-0.39, 0.29) is 0 Å². The molecule has 14 heavy (non-hydrogen) atoms. The van der Waals surface area contributed by atoms with Gasteiger partial charge in [-0.3, -0.25) is 0 Å². The Morgan fingerprint density at radius 3 is 2.64 bits per heavy atom. The Morgan fingerprint density at radius 1 is 1.57 bits per heavy atom. The van der Waals surface area contributed by atoms with Gasteiger partial charge in [0.2, 0.25) is 10.0 Å². The summed E-state index contributed by atoms with van der Waals surface area (Å²) in [6.45, 7) is 1.87. The number of nitrogens with zero attached hydrogens (tertiary/aromatic N) is 1. The highest BCUT2D eigenvalue weighted by Crippen LogP contribution is 2.28. The minimum atomic E-state index is -3.40. The molecule has 1 unspecified atom stereocenters. The van der Waals surface area contributed by atoms with Crippen LogP contribution in [0.2, 0.25) is 0 Å². The zero-order valence-electron chi connectivity index (χ0n) is 8.36. The first-order valence-corrected chi connectivity index (χ1v) is 6.49. The van der Waals surface area contributed by atoms with Crippen molar-refractivity contribution in [1.29, 1.82) is 5.26 Å². The van der Waals surface area contributed by atoms with Gasteiger partial charge < -0.3 is 0 Å². The fourth-order valence-corrected chi connectivity index (χ4v) is 2.17. The van der Waals surface area contributed by atoms with Gasteiger partial charge in [0, 0.05) is 6.54 Å². The molecular formula is C9H16N2O2S. The second-order valence-corrected chi connectivity index (χ2v) is 5.88. The largest absolute Gasteiger partial charge is 0.227 e. The number of sulfonamides is 1. The Labute approximate surface area is 85.4 Å². The van der Waals surface area contributed by atoms with Gasteiger partial charge in [-0.1, -0.05) is 19.3 Å². The molecule has 0 spiro atoms. The van der Waals surface area contributed by atoms with Gasteiger partial charge in [0.15, 0.2) is 5.25 Å². The van der Waals surface area contributed by atoms with Crippen LogP contribution >= 0.6 is 0 Å². The lowest BCUT2D eigenvalue weighted by Crippen LogP contribution is -2.33. The van der Waals surface area contributed by atoms with E-state index in [0.29, 0.717) is 12.5 Å². The molecule has 1 fully saturated rings. The molecule has 1 atom stereocenters. The van der Waals surface area contributed by atoms with Crippen molar-refractivity contribution in [1.82, 2.24) is 4.72 Å². The quantitative estimate of drug-likeness (QED) is 0.745. The molecule has 1 saturated carbocycles. The topological polar surface area (TPSA) is 70.0 Å². The Balaban J connectivity index is 2.26. The summed E-state index contributed by atoms with van der Waals surface area (Å²) in [5.74, 6) is 0.690. The highest BCUT2D eigenvalue weighted by atomic mass is 32.2. The van der Waals surface area contributed by atoms with Crippen molar-refractivity contribution in [3.63, 3.8) is 0 Å². The minimum Gasteiger partial charge on any atom is -0.214 e. The standard InChI is InChI=1S/C9H16N2O2S/c1-8(7-10)14(12,13)11-6-5-9-3-2-4-9/h8-9,11H,2-6H2,1H3. The first-order valence-electron chi connectivity index (χ1n) is 4.94. The van der Waals surface area contributed by atoms with E-state index in [4.69, 9.17) is 5.26 Å². The van der Waals surface area contributed by atoms with Gasteiger partial charge in [0.1, 0.15) is 0 Å². The van der Waals surface area contributed by atoms with Crippen LogP contribution in [0.1, 0.15) is 32.6 Å². The lowest BCUT2D eigenvalue weighted by Gasteiger charge is -2.25. The van der Waals surface area contributed by atoms with Crippen LogP contribution in [0.5, 0.6) is 0 Å². The SMILES string of the molecule is CC(C#N)S(=O)(=O)NCCC1CCC1. The van der Waals surface area contributed by atoms with Gasteiger partial charge in [-0.15, -0.1) is 0 Å². The second kappa shape index (κ2) is 4.76. The van der Waals surface area contributed by atoms with Crippen LogP contribution in [0.25, 0.3) is 0 Å². The lowest BCUT2D eigenvalue weighted by molar-refractivity contribution is 0.297. The van der Waals surface area contributed by atoms with Crippen molar-refractivity contribution < 1.29 is 8.42 Å². The Morgan fingerprint density at radius 2 is 2.21 bits per heavy atom.